The highest BCUT2D eigenvalue weighted by molar-refractivity contribution is 7.71. The van der Waals surface area contributed by atoms with Gasteiger partial charge in [-0.15, -0.1) is 5.10 Å². The van der Waals surface area contributed by atoms with Crippen molar-refractivity contribution in [3.63, 3.8) is 0 Å². The zero-order valence-electron chi connectivity index (χ0n) is 20.4. The van der Waals surface area contributed by atoms with Crippen LogP contribution in [0.4, 0.5) is 0 Å². The predicted molar refractivity (Wildman–Crippen MR) is 140 cm³/mol. The Morgan fingerprint density at radius 3 is 1.97 bits per heavy atom. The summed E-state index contributed by atoms with van der Waals surface area (Å²) < 4.78 is 10.0. The van der Waals surface area contributed by atoms with Crippen LogP contribution in [0.15, 0.2) is 84.9 Å². The van der Waals surface area contributed by atoms with Crippen molar-refractivity contribution in [2.24, 2.45) is 7.05 Å². The smallest absolute Gasteiger partial charge is 0.202 e. The minimum atomic E-state index is 0.359. The maximum absolute atomic E-state index is 5.74. The van der Waals surface area contributed by atoms with Crippen molar-refractivity contribution < 1.29 is 14.5 Å². The largest absolute Gasteiger partial charge is 0.497 e. The fourth-order valence-electron chi connectivity index (χ4n) is 5.12. The van der Waals surface area contributed by atoms with Crippen molar-refractivity contribution in [1.82, 2.24) is 14.3 Å². The van der Waals surface area contributed by atoms with E-state index in [2.05, 4.69) is 60.7 Å². The molecule has 5 rings (SSSR count). The number of nitrogens with zero attached hydrogens (tertiary/aromatic N) is 3. The first-order chi connectivity index (χ1) is 17.1. The fraction of sp³-hybridized carbons (Fsp3) is 0.286. The van der Waals surface area contributed by atoms with Crippen LogP contribution in [-0.2, 0) is 13.7 Å². The van der Waals surface area contributed by atoms with Crippen LogP contribution in [0.25, 0.3) is 11.4 Å². The number of benzene rings is 3. The highest BCUT2D eigenvalue weighted by Gasteiger charge is 2.32. The average molecular weight is 488 g/mol. The van der Waals surface area contributed by atoms with Gasteiger partial charge in [0.25, 0.3) is 0 Å². The second-order valence-corrected chi connectivity index (χ2v) is 9.58. The second-order valence-electron chi connectivity index (χ2n) is 9.21. The number of hydrogen-bond acceptors (Lipinski definition) is 3. The van der Waals surface area contributed by atoms with Gasteiger partial charge in [0, 0.05) is 23.7 Å². The van der Waals surface area contributed by atoms with Gasteiger partial charge in [-0.2, -0.15) is 4.68 Å². The van der Waals surface area contributed by atoms with Crippen LogP contribution in [-0.4, -0.2) is 47.6 Å². The van der Waals surface area contributed by atoms with Crippen LogP contribution in [0, 0.1) is 4.77 Å². The molecule has 1 aliphatic heterocycles. The van der Waals surface area contributed by atoms with Crippen molar-refractivity contribution in [2.75, 3.05) is 33.3 Å². The standard InChI is InChI=1S/C28H31N5OS/c1-30-27(24-13-15-25(34-2)16-14-24)29-33(28(30)35)21-31-17-19-32(20-18-31)26(22-9-5-3-6-10-22)23-11-7-4-8-12-23/h3-16,26H,17-21H2,1-2H3/p+2. The SMILES string of the molecule is COc1ccc(-c2nn(C[NH+]3CC[NH+](C(c4ccccc4)c4ccccc4)CC3)c(=S)n2C)cc1. The first-order valence-corrected chi connectivity index (χ1v) is 12.6. The molecule has 1 saturated heterocycles. The van der Waals surface area contributed by atoms with Crippen molar-refractivity contribution in [3.05, 3.63) is 101 Å². The molecule has 0 radical (unpaired) electrons. The van der Waals surface area contributed by atoms with Crippen molar-refractivity contribution in [2.45, 2.75) is 12.7 Å². The molecular weight excluding hydrogens is 454 g/mol. The molecule has 3 aromatic carbocycles. The Morgan fingerprint density at radius 1 is 0.857 bits per heavy atom. The molecule has 6 nitrogen and oxygen atoms in total. The van der Waals surface area contributed by atoms with E-state index < -0.39 is 0 Å². The van der Waals surface area contributed by atoms with E-state index in [4.69, 9.17) is 22.1 Å². The third-order valence-electron chi connectivity index (χ3n) is 7.04. The zero-order chi connectivity index (χ0) is 24.2. The molecule has 0 bridgehead atoms. The topological polar surface area (TPSA) is 40.9 Å². The summed E-state index contributed by atoms with van der Waals surface area (Å²) >= 11 is 5.74. The van der Waals surface area contributed by atoms with E-state index in [1.54, 1.807) is 12.0 Å². The van der Waals surface area contributed by atoms with Gasteiger partial charge in [-0.05, 0) is 36.5 Å². The highest BCUT2D eigenvalue weighted by atomic mass is 32.1. The maximum atomic E-state index is 5.74. The molecule has 1 fully saturated rings. The summed E-state index contributed by atoms with van der Waals surface area (Å²) in [5.41, 5.74) is 3.80. The number of rotatable bonds is 7. The lowest BCUT2D eigenvalue weighted by atomic mass is 9.96. The second kappa shape index (κ2) is 10.6. The van der Waals surface area contributed by atoms with E-state index in [1.165, 1.54) is 16.0 Å². The van der Waals surface area contributed by atoms with Crippen LogP contribution in [0.2, 0.25) is 0 Å². The Morgan fingerprint density at radius 2 is 1.43 bits per heavy atom. The Kier molecular flexibility index (Phi) is 7.08. The monoisotopic (exact) mass is 487 g/mol. The number of aromatic nitrogens is 3. The minimum Gasteiger partial charge on any atom is -0.497 e. The molecule has 0 atom stereocenters. The molecule has 1 aliphatic rings. The number of quaternary nitrogens is 2. The number of nitrogens with one attached hydrogen (secondary N) is 2. The fourth-order valence-corrected chi connectivity index (χ4v) is 5.31. The van der Waals surface area contributed by atoms with Crippen molar-refractivity contribution in [3.8, 4) is 17.1 Å². The first-order valence-electron chi connectivity index (χ1n) is 12.2. The number of hydrogen-bond donors (Lipinski definition) is 2. The maximum Gasteiger partial charge on any atom is 0.202 e. The third-order valence-corrected chi connectivity index (χ3v) is 7.52. The van der Waals surface area contributed by atoms with Gasteiger partial charge < -0.3 is 19.1 Å². The van der Waals surface area contributed by atoms with Crippen molar-refractivity contribution >= 4 is 12.2 Å². The molecule has 7 heteroatoms. The summed E-state index contributed by atoms with van der Waals surface area (Å²) in [7, 11) is 3.67. The van der Waals surface area contributed by atoms with Gasteiger partial charge in [0.05, 0.1) is 7.11 Å². The predicted octanol–water partition coefficient (Wildman–Crippen LogP) is 2.16. The van der Waals surface area contributed by atoms with Gasteiger partial charge in [-0.1, -0.05) is 60.7 Å². The molecule has 0 spiro atoms. The normalized spacial score (nSPS) is 18.0. The zero-order valence-corrected chi connectivity index (χ0v) is 21.2. The van der Waals surface area contributed by atoms with Crippen LogP contribution >= 0.6 is 12.2 Å². The van der Waals surface area contributed by atoms with Crippen molar-refractivity contribution in [1.29, 1.82) is 0 Å². The molecule has 2 heterocycles. The van der Waals surface area contributed by atoms with Gasteiger partial charge in [0.2, 0.25) is 4.77 Å². The molecule has 0 saturated carbocycles. The molecule has 0 amide bonds. The van der Waals surface area contributed by atoms with Gasteiger partial charge in [0.15, 0.2) is 12.5 Å². The van der Waals surface area contributed by atoms with Gasteiger partial charge in [-0.3, -0.25) is 0 Å². The molecule has 180 valence electrons. The Balaban J connectivity index is 1.30. The summed E-state index contributed by atoms with van der Waals surface area (Å²) in [6.07, 6.45) is 0. The van der Waals surface area contributed by atoms with Crippen LogP contribution in [0.1, 0.15) is 17.2 Å². The number of piperazine rings is 1. The van der Waals surface area contributed by atoms with Crippen LogP contribution < -0.4 is 14.5 Å². The van der Waals surface area contributed by atoms with E-state index in [0.717, 1.165) is 54.8 Å². The molecule has 0 aliphatic carbocycles. The Bertz CT molecular complexity index is 1250. The molecule has 4 aromatic rings. The molecule has 0 unspecified atom stereocenters. The summed E-state index contributed by atoms with van der Waals surface area (Å²) in [4.78, 5) is 3.14. The van der Waals surface area contributed by atoms with Crippen LogP contribution in [0.5, 0.6) is 5.75 Å². The number of methoxy groups -OCH3 is 1. The minimum absolute atomic E-state index is 0.359. The molecule has 2 N–H and O–H groups in total. The molecule has 1 aromatic heterocycles. The van der Waals surface area contributed by atoms with E-state index in [-0.39, 0.29) is 0 Å². The lowest BCUT2D eigenvalue weighted by molar-refractivity contribution is -1.03. The van der Waals surface area contributed by atoms with Gasteiger partial charge >= 0.3 is 0 Å². The van der Waals surface area contributed by atoms with Crippen LogP contribution in [0.3, 0.4) is 0 Å². The summed E-state index contributed by atoms with van der Waals surface area (Å²) in [5, 5.41) is 4.89. The third kappa shape index (κ3) is 5.07. The quantitative estimate of drug-likeness (QED) is 0.393. The van der Waals surface area contributed by atoms with Gasteiger partial charge in [-0.25, -0.2) is 0 Å². The van der Waals surface area contributed by atoms with Gasteiger partial charge in [0.1, 0.15) is 38.0 Å². The summed E-state index contributed by atoms with van der Waals surface area (Å²) in [6.45, 7) is 5.17. The summed E-state index contributed by atoms with van der Waals surface area (Å²) in [6, 6.07) is 30.2. The lowest BCUT2D eigenvalue weighted by Gasteiger charge is -2.35. The van der Waals surface area contributed by atoms with E-state index in [1.807, 2.05) is 40.6 Å². The van der Waals surface area contributed by atoms with E-state index in [9.17, 15) is 0 Å². The van der Waals surface area contributed by atoms with E-state index >= 15 is 0 Å². The molecular formula is C28H33N5OS+2. The Hall–Kier alpha value is -3.26. The summed E-state index contributed by atoms with van der Waals surface area (Å²) in [5.74, 6) is 1.72. The van der Waals surface area contributed by atoms with E-state index in [0.29, 0.717) is 6.04 Å². The number of ether oxygens (including phenoxy) is 1. The molecule has 35 heavy (non-hydrogen) atoms. The average Bonchev–Trinajstić information content (AvgIpc) is 3.19. The lowest BCUT2D eigenvalue weighted by Crippen LogP contribution is -3.27. The Labute approximate surface area is 212 Å². The first kappa shape index (κ1) is 23.5. The highest BCUT2D eigenvalue weighted by Crippen LogP contribution is 2.21.